The zero-order valence-electron chi connectivity index (χ0n) is 52.5. The van der Waals surface area contributed by atoms with Crippen LogP contribution in [0.5, 0.6) is 0 Å². The van der Waals surface area contributed by atoms with E-state index in [1.165, 1.54) is 64.2 Å². The SMILES string of the molecule is CC/C=C\C/C=C\C/C=C\C/C=C\C/C=C\C/C=C\C/C=C\CCCCCCCCCCCCCC(=O)NC(COC1OC(CO)C(OC2OC(CO)C(OC3OC(CO)C(O)C(O)C3O)C(O)C2O)C(O)C1O)C(O)/C=C/CCCCCCCCC. The van der Waals surface area contributed by atoms with E-state index in [0.29, 0.717) is 6.42 Å². The largest absolute Gasteiger partial charge is 0.394 e. The molecular formula is C68H115NO18. The van der Waals surface area contributed by atoms with Gasteiger partial charge in [0.1, 0.15) is 73.2 Å². The fraction of sp³-hybridized carbons (Fsp3) is 0.750. The van der Waals surface area contributed by atoms with Crippen molar-refractivity contribution in [3.05, 3.63) is 97.2 Å². The number of carbonyl (C=O) groups is 1. The first kappa shape index (κ1) is 78.0. The minimum absolute atomic E-state index is 0.233. The van der Waals surface area contributed by atoms with Crippen LogP contribution in [0, 0.1) is 0 Å². The molecule has 0 spiro atoms. The lowest BCUT2D eigenvalue weighted by Gasteiger charge is -2.48. The molecule has 17 unspecified atom stereocenters. The molecule has 17 atom stereocenters. The predicted octanol–water partition coefficient (Wildman–Crippen LogP) is 7.71. The van der Waals surface area contributed by atoms with Gasteiger partial charge < -0.3 is 89.9 Å². The highest BCUT2D eigenvalue weighted by Gasteiger charge is 2.53. The van der Waals surface area contributed by atoms with Gasteiger partial charge in [0, 0.05) is 6.42 Å². The average Bonchev–Trinajstić information content (AvgIpc) is 1.04. The van der Waals surface area contributed by atoms with Gasteiger partial charge in [0.15, 0.2) is 18.9 Å². The van der Waals surface area contributed by atoms with Gasteiger partial charge in [-0.25, -0.2) is 0 Å². The van der Waals surface area contributed by atoms with E-state index in [0.717, 1.165) is 103 Å². The molecule has 19 nitrogen and oxygen atoms in total. The minimum atomic E-state index is -1.98. The molecule has 3 aliphatic rings. The third-order valence-electron chi connectivity index (χ3n) is 15.9. The second-order valence-electron chi connectivity index (χ2n) is 23.2. The number of hydrogen-bond acceptors (Lipinski definition) is 18. The van der Waals surface area contributed by atoms with E-state index in [4.69, 9.17) is 28.4 Å². The Bertz CT molecular complexity index is 1960. The lowest BCUT2D eigenvalue weighted by molar-refractivity contribution is -0.379. The summed E-state index contributed by atoms with van der Waals surface area (Å²) < 4.78 is 34.2. The van der Waals surface area contributed by atoms with Gasteiger partial charge in [0.2, 0.25) is 5.91 Å². The molecule has 3 heterocycles. The summed E-state index contributed by atoms with van der Waals surface area (Å²) in [6, 6.07) is -0.978. The first-order chi connectivity index (χ1) is 42.3. The number of rotatable bonds is 48. The van der Waals surface area contributed by atoms with Crippen LogP contribution < -0.4 is 5.32 Å². The van der Waals surface area contributed by atoms with Gasteiger partial charge in [-0.3, -0.25) is 4.79 Å². The molecule has 3 saturated heterocycles. The van der Waals surface area contributed by atoms with Gasteiger partial charge in [-0.05, 0) is 77.0 Å². The Labute approximate surface area is 520 Å². The van der Waals surface area contributed by atoms with Crippen molar-refractivity contribution in [2.75, 3.05) is 26.4 Å². The van der Waals surface area contributed by atoms with E-state index < -0.39 is 124 Å². The topological polar surface area (TPSA) is 307 Å². The smallest absolute Gasteiger partial charge is 0.220 e. The van der Waals surface area contributed by atoms with Gasteiger partial charge in [-0.15, -0.1) is 0 Å². The van der Waals surface area contributed by atoms with Gasteiger partial charge in [0.25, 0.3) is 0 Å². The van der Waals surface area contributed by atoms with Crippen LogP contribution >= 0.6 is 0 Å². The number of allylic oxidation sites excluding steroid dienone is 15. The lowest BCUT2D eigenvalue weighted by Crippen LogP contribution is -2.66. The van der Waals surface area contributed by atoms with Crippen LogP contribution in [-0.2, 0) is 33.2 Å². The maximum absolute atomic E-state index is 13.3. The highest BCUT2D eigenvalue weighted by molar-refractivity contribution is 5.76. The van der Waals surface area contributed by atoms with Crippen LogP contribution in [0.1, 0.15) is 194 Å². The predicted molar refractivity (Wildman–Crippen MR) is 337 cm³/mol. The first-order valence-corrected chi connectivity index (χ1v) is 33.0. The Hall–Kier alpha value is -3.29. The fourth-order valence-corrected chi connectivity index (χ4v) is 10.5. The summed E-state index contributed by atoms with van der Waals surface area (Å²) in [5.74, 6) is -0.286. The molecule has 0 radical (unpaired) electrons. The van der Waals surface area contributed by atoms with Crippen LogP contribution in [0.15, 0.2) is 97.2 Å². The molecular weight excluding hydrogens is 1120 g/mol. The summed E-state index contributed by atoms with van der Waals surface area (Å²) in [6.45, 7) is 1.55. The zero-order valence-corrected chi connectivity index (χ0v) is 52.5. The molecule has 87 heavy (non-hydrogen) atoms. The van der Waals surface area contributed by atoms with Gasteiger partial charge >= 0.3 is 0 Å². The summed E-state index contributed by atoms with van der Waals surface area (Å²) in [6.07, 6.45) is 37.0. The number of amides is 1. The maximum atomic E-state index is 13.3. The summed E-state index contributed by atoms with van der Waals surface area (Å²) in [5.41, 5.74) is 0. The van der Waals surface area contributed by atoms with E-state index in [2.05, 4.69) is 104 Å². The normalized spacial score (nSPS) is 29.2. The number of unbranched alkanes of at least 4 members (excludes halogenated alkanes) is 18. The molecule has 3 rings (SSSR count). The van der Waals surface area contributed by atoms with Crippen LogP contribution in [0.3, 0.4) is 0 Å². The second kappa shape index (κ2) is 49.4. The fourth-order valence-electron chi connectivity index (χ4n) is 10.5. The number of aliphatic hydroxyl groups excluding tert-OH is 11. The molecule has 1 amide bonds. The number of hydrogen-bond donors (Lipinski definition) is 12. The van der Waals surface area contributed by atoms with Crippen LogP contribution in [0.2, 0.25) is 0 Å². The van der Waals surface area contributed by atoms with E-state index in [1.54, 1.807) is 6.08 Å². The molecule has 0 aromatic heterocycles. The van der Waals surface area contributed by atoms with Crippen molar-refractivity contribution >= 4 is 5.91 Å². The molecule has 500 valence electrons. The Morgan fingerprint density at radius 1 is 0.425 bits per heavy atom. The van der Waals surface area contributed by atoms with Crippen molar-refractivity contribution in [3.8, 4) is 0 Å². The molecule has 0 aliphatic carbocycles. The molecule has 0 saturated carbocycles. The second-order valence-corrected chi connectivity index (χ2v) is 23.2. The van der Waals surface area contributed by atoms with Crippen molar-refractivity contribution in [1.29, 1.82) is 0 Å². The summed E-state index contributed by atoms with van der Waals surface area (Å²) >= 11 is 0. The molecule has 0 bridgehead atoms. The van der Waals surface area contributed by atoms with Gasteiger partial charge in [-0.1, -0.05) is 207 Å². The number of aliphatic hydroxyl groups is 11. The van der Waals surface area contributed by atoms with Crippen molar-refractivity contribution in [3.63, 3.8) is 0 Å². The Morgan fingerprint density at radius 2 is 0.793 bits per heavy atom. The third-order valence-corrected chi connectivity index (χ3v) is 15.9. The summed E-state index contributed by atoms with van der Waals surface area (Å²) in [7, 11) is 0. The maximum Gasteiger partial charge on any atom is 0.220 e. The van der Waals surface area contributed by atoms with Crippen molar-refractivity contribution < 1.29 is 89.4 Å². The molecule has 0 aromatic rings. The molecule has 3 aliphatic heterocycles. The summed E-state index contributed by atoms with van der Waals surface area (Å²) in [5, 5.41) is 120. The zero-order chi connectivity index (χ0) is 63.3. The van der Waals surface area contributed by atoms with E-state index >= 15 is 0 Å². The van der Waals surface area contributed by atoms with E-state index in [1.807, 2.05) is 6.08 Å². The van der Waals surface area contributed by atoms with Crippen molar-refractivity contribution in [2.45, 2.75) is 298 Å². The van der Waals surface area contributed by atoms with Crippen molar-refractivity contribution in [2.24, 2.45) is 0 Å². The third kappa shape index (κ3) is 32.0. The molecule has 0 aromatic carbocycles. The number of ether oxygens (including phenoxy) is 6. The Balaban J connectivity index is 1.35. The van der Waals surface area contributed by atoms with Crippen LogP contribution in [-0.4, -0.2) is 193 Å². The Kier molecular flexibility index (Phi) is 44.3. The number of carbonyl (C=O) groups excluding carboxylic acids is 1. The molecule has 12 N–H and O–H groups in total. The van der Waals surface area contributed by atoms with Crippen LogP contribution in [0.25, 0.3) is 0 Å². The Morgan fingerprint density at radius 3 is 1.24 bits per heavy atom. The molecule has 3 fully saturated rings. The van der Waals surface area contributed by atoms with E-state index in [9.17, 15) is 61.0 Å². The highest BCUT2D eigenvalue weighted by Crippen LogP contribution is 2.33. The standard InChI is InChI=1S/C68H115NO18/c1-3-5-7-9-11-13-14-15-16-17-18-19-20-21-22-23-24-25-26-27-28-29-30-31-32-33-34-35-36-38-40-42-44-46-56(74)69-51(52(73)45-43-41-39-37-12-10-8-6-4-2)50-82-66-62(80)59(77)64(54(48-71)84-66)87-68-63(81)60(78)65(55(49-72)85-68)86-67-61(79)58(76)57(75)53(47-70)83-67/h5,7,11,13,15-16,18-19,21-22,24-25,27-28,43,45,51-55,57-68,70-73,75-81H,3-4,6,8-10,12,14,17,20,23,26,29-42,44,46-50H2,1-2H3,(H,69,74)/b7-5-,13-11-,16-15-,19-18-,22-21-,25-24-,28-27-,45-43+. The highest BCUT2D eigenvalue weighted by atomic mass is 16.8. The monoisotopic (exact) mass is 1230 g/mol. The van der Waals surface area contributed by atoms with Gasteiger partial charge in [-0.2, -0.15) is 0 Å². The minimum Gasteiger partial charge on any atom is -0.394 e. The lowest BCUT2D eigenvalue weighted by atomic mass is 9.96. The van der Waals surface area contributed by atoms with E-state index in [-0.39, 0.29) is 18.9 Å². The first-order valence-electron chi connectivity index (χ1n) is 33.0. The van der Waals surface area contributed by atoms with Crippen LogP contribution in [0.4, 0.5) is 0 Å². The number of nitrogens with one attached hydrogen (secondary N) is 1. The summed E-state index contributed by atoms with van der Waals surface area (Å²) in [4.78, 5) is 13.3. The van der Waals surface area contributed by atoms with Crippen molar-refractivity contribution in [1.82, 2.24) is 5.32 Å². The molecule has 19 heteroatoms. The average molecular weight is 1230 g/mol. The quantitative estimate of drug-likeness (QED) is 0.0205. The van der Waals surface area contributed by atoms with Gasteiger partial charge in [0.05, 0.1) is 38.6 Å².